The summed E-state index contributed by atoms with van der Waals surface area (Å²) in [4.78, 5) is 12.5. The second-order valence-corrected chi connectivity index (χ2v) is 7.90. The Labute approximate surface area is 145 Å². The second kappa shape index (κ2) is 6.14. The molecule has 0 saturated carbocycles. The fourth-order valence-electron chi connectivity index (χ4n) is 2.12. The number of halogens is 2. The van der Waals surface area contributed by atoms with Crippen molar-refractivity contribution in [2.24, 2.45) is 5.14 Å². The van der Waals surface area contributed by atoms with Crippen molar-refractivity contribution in [1.29, 1.82) is 0 Å². The number of primary sulfonamides is 1. The van der Waals surface area contributed by atoms with E-state index in [-0.39, 0.29) is 20.5 Å². The van der Waals surface area contributed by atoms with E-state index >= 15 is 0 Å². The zero-order valence-corrected chi connectivity index (χ0v) is 14.3. The molecule has 0 aliphatic carbocycles. The van der Waals surface area contributed by atoms with Crippen molar-refractivity contribution in [1.82, 2.24) is 0 Å². The molecule has 0 aliphatic heterocycles. The Morgan fingerprint density at radius 3 is 2.67 bits per heavy atom. The smallest absolute Gasteiger partial charge is 0.267 e. The van der Waals surface area contributed by atoms with Gasteiger partial charge in [-0.2, -0.15) is 0 Å². The van der Waals surface area contributed by atoms with E-state index in [2.05, 4.69) is 5.32 Å². The van der Waals surface area contributed by atoms with Gasteiger partial charge in [-0.1, -0.05) is 17.7 Å². The highest BCUT2D eigenvalue weighted by Crippen LogP contribution is 2.36. The summed E-state index contributed by atoms with van der Waals surface area (Å²) in [5.41, 5.74) is 0.256. The quantitative estimate of drug-likeness (QED) is 0.723. The van der Waals surface area contributed by atoms with Gasteiger partial charge in [0.05, 0.1) is 9.92 Å². The third kappa shape index (κ3) is 3.27. The van der Waals surface area contributed by atoms with Gasteiger partial charge in [-0.25, -0.2) is 17.9 Å². The van der Waals surface area contributed by atoms with E-state index in [1.54, 1.807) is 0 Å². The Balaban J connectivity index is 1.95. The Bertz CT molecular complexity index is 1060. The van der Waals surface area contributed by atoms with E-state index in [0.717, 1.165) is 11.3 Å². The molecule has 1 aromatic heterocycles. The van der Waals surface area contributed by atoms with E-state index in [9.17, 15) is 17.6 Å². The van der Waals surface area contributed by atoms with E-state index in [1.165, 1.54) is 42.5 Å². The van der Waals surface area contributed by atoms with Crippen LogP contribution in [-0.2, 0) is 10.0 Å². The first-order chi connectivity index (χ1) is 11.3. The van der Waals surface area contributed by atoms with E-state index < -0.39 is 21.7 Å². The van der Waals surface area contributed by atoms with E-state index in [1.807, 2.05) is 0 Å². The maximum Gasteiger partial charge on any atom is 0.267 e. The molecule has 0 aliphatic rings. The molecule has 1 amide bonds. The molecule has 0 atom stereocenters. The number of rotatable bonds is 3. The molecule has 3 N–H and O–H groups in total. The summed E-state index contributed by atoms with van der Waals surface area (Å²) < 4.78 is 36.5. The first kappa shape index (κ1) is 16.8. The predicted molar refractivity (Wildman–Crippen MR) is 92.6 cm³/mol. The van der Waals surface area contributed by atoms with Crippen molar-refractivity contribution in [3.8, 4) is 0 Å². The van der Waals surface area contributed by atoms with Crippen LogP contribution in [0.5, 0.6) is 0 Å². The van der Waals surface area contributed by atoms with Gasteiger partial charge in [-0.3, -0.25) is 4.79 Å². The predicted octanol–water partition coefficient (Wildman–Crippen LogP) is 3.59. The molecule has 124 valence electrons. The fourth-order valence-corrected chi connectivity index (χ4v) is 4.12. The largest absolute Gasteiger partial charge is 0.321 e. The number of fused-ring (bicyclic) bond motifs is 1. The summed E-state index contributed by atoms with van der Waals surface area (Å²) in [5, 5.41) is 8.42. The van der Waals surface area contributed by atoms with Crippen molar-refractivity contribution in [3.05, 3.63) is 58.2 Å². The number of thiophene rings is 1. The average molecular weight is 385 g/mol. The van der Waals surface area contributed by atoms with Crippen molar-refractivity contribution in [3.63, 3.8) is 0 Å². The van der Waals surface area contributed by atoms with Crippen molar-refractivity contribution in [2.75, 3.05) is 5.32 Å². The van der Waals surface area contributed by atoms with Crippen LogP contribution in [0.1, 0.15) is 9.67 Å². The van der Waals surface area contributed by atoms with Crippen LogP contribution in [0.4, 0.5) is 10.1 Å². The number of carbonyl (C=O) groups is 1. The number of anilines is 1. The lowest BCUT2D eigenvalue weighted by Gasteiger charge is -2.05. The Kier molecular flexibility index (Phi) is 4.31. The third-order valence-corrected chi connectivity index (χ3v) is 5.79. The molecule has 1 heterocycles. The number of benzene rings is 2. The summed E-state index contributed by atoms with van der Waals surface area (Å²) in [7, 11) is -3.88. The molecule has 3 rings (SSSR count). The van der Waals surface area contributed by atoms with Crippen molar-refractivity contribution >= 4 is 54.6 Å². The highest BCUT2D eigenvalue weighted by atomic mass is 35.5. The minimum absolute atomic E-state index is 0.121. The minimum atomic E-state index is -3.88. The number of hydrogen-bond donors (Lipinski definition) is 2. The first-order valence-electron chi connectivity index (χ1n) is 6.57. The Morgan fingerprint density at radius 1 is 1.21 bits per heavy atom. The zero-order chi connectivity index (χ0) is 17.5. The standard InChI is InChI=1S/C15H10ClFN2O3S2/c16-13-11-5-4-8(17)6-12(11)23-14(13)15(20)19-9-2-1-3-10(7-9)24(18,21)22/h1-7H,(H,19,20)(H2,18,21,22). The third-order valence-electron chi connectivity index (χ3n) is 3.22. The van der Waals surface area contributed by atoms with Crippen LogP contribution in [0.25, 0.3) is 10.1 Å². The van der Waals surface area contributed by atoms with Crippen LogP contribution in [0, 0.1) is 5.82 Å². The van der Waals surface area contributed by atoms with Crippen LogP contribution in [0.15, 0.2) is 47.4 Å². The van der Waals surface area contributed by atoms with Gasteiger partial charge >= 0.3 is 0 Å². The van der Waals surface area contributed by atoms with E-state index in [4.69, 9.17) is 16.7 Å². The maximum atomic E-state index is 13.3. The highest BCUT2D eigenvalue weighted by molar-refractivity contribution is 7.89. The summed E-state index contributed by atoms with van der Waals surface area (Å²) >= 11 is 7.23. The number of carbonyl (C=O) groups excluding carboxylic acids is 1. The van der Waals surface area contributed by atoms with Crippen molar-refractivity contribution < 1.29 is 17.6 Å². The summed E-state index contributed by atoms with van der Waals surface area (Å²) in [6.45, 7) is 0. The van der Waals surface area contributed by atoms with Gasteiger partial charge < -0.3 is 5.32 Å². The Hall–Kier alpha value is -2.00. The maximum absolute atomic E-state index is 13.3. The summed E-state index contributed by atoms with van der Waals surface area (Å²) in [6, 6.07) is 9.60. The SMILES string of the molecule is NS(=O)(=O)c1cccc(NC(=O)c2sc3cc(F)ccc3c2Cl)c1. The molecule has 2 aromatic carbocycles. The normalized spacial score (nSPS) is 11.6. The molecule has 5 nitrogen and oxygen atoms in total. The number of hydrogen-bond acceptors (Lipinski definition) is 4. The number of sulfonamides is 1. The molecule has 0 spiro atoms. The van der Waals surface area contributed by atoms with Crippen LogP contribution in [0.2, 0.25) is 5.02 Å². The van der Waals surface area contributed by atoms with Gasteiger partial charge in [0.25, 0.3) is 5.91 Å². The lowest BCUT2D eigenvalue weighted by atomic mass is 10.2. The fraction of sp³-hybridized carbons (Fsp3) is 0. The molecule has 0 bridgehead atoms. The zero-order valence-electron chi connectivity index (χ0n) is 11.9. The molecular weight excluding hydrogens is 375 g/mol. The van der Waals surface area contributed by atoms with Crippen LogP contribution in [-0.4, -0.2) is 14.3 Å². The topological polar surface area (TPSA) is 89.3 Å². The van der Waals surface area contributed by atoms with Crippen molar-refractivity contribution in [2.45, 2.75) is 4.90 Å². The molecular formula is C15H10ClFN2O3S2. The van der Waals surface area contributed by atoms with Crippen LogP contribution in [0.3, 0.4) is 0 Å². The minimum Gasteiger partial charge on any atom is -0.321 e. The lowest BCUT2D eigenvalue weighted by Crippen LogP contribution is -2.14. The molecule has 0 radical (unpaired) electrons. The molecule has 0 saturated heterocycles. The van der Waals surface area contributed by atoms with Gasteiger partial charge in [0.1, 0.15) is 10.7 Å². The molecule has 9 heteroatoms. The highest BCUT2D eigenvalue weighted by Gasteiger charge is 2.18. The summed E-state index contributed by atoms with van der Waals surface area (Å²) in [6.07, 6.45) is 0. The molecule has 0 fully saturated rings. The molecule has 24 heavy (non-hydrogen) atoms. The average Bonchev–Trinajstić information content (AvgIpc) is 2.83. The molecule has 3 aromatic rings. The first-order valence-corrected chi connectivity index (χ1v) is 9.31. The van der Waals surface area contributed by atoms with Gasteiger partial charge in [-0.15, -0.1) is 11.3 Å². The van der Waals surface area contributed by atoms with Crippen LogP contribution < -0.4 is 10.5 Å². The van der Waals surface area contributed by atoms with E-state index in [0.29, 0.717) is 10.1 Å². The number of amides is 1. The second-order valence-electron chi connectivity index (χ2n) is 4.91. The van der Waals surface area contributed by atoms with Gasteiger partial charge in [-0.05, 0) is 36.4 Å². The van der Waals surface area contributed by atoms with Gasteiger partial charge in [0.15, 0.2) is 0 Å². The monoisotopic (exact) mass is 384 g/mol. The van der Waals surface area contributed by atoms with Gasteiger partial charge in [0, 0.05) is 15.8 Å². The van der Waals surface area contributed by atoms with Gasteiger partial charge in [0.2, 0.25) is 10.0 Å². The molecule has 0 unspecified atom stereocenters. The lowest BCUT2D eigenvalue weighted by molar-refractivity contribution is 0.103. The summed E-state index contributed by atoms with van der Waals surface area (Å²) in [5.74, 6) is -0.943. The Morgan fingerprint density at radius 2 is 1.96 bits per heavy atom. The van der Waals surface area contributed by atoms with Crippen LogP contribution >= 0.6 is 22.9 Å². The number of nitrogens with two attached hydrogens (primary N) is 1. The number of nitrogens with one attached hydrogen (secondary N) is 1.